The molecule has 2 aromatic heterocycles. The third-order valence-electron chi connectivity index (χ3n) is 3.05. The molecule has 94 valence electrons. The van der Waals surface area contributed by atoms with E-state index in [2.05, 4.69) is 4.98 Å². The summed E-state index contributed by atoms with van der Waals surface area (Å²) >= 11 is 1.37. The second-order valence-electron chi connectivity index (χ2n) is 4.30. The van der Waals surface area contributed by atoms with Crippen LogP contribution in [0.15, 0.2) is 24.4 Å². The van der Waals surface area contributed by atoms with Gasteiger partial charge in [0.2, 0.25) is 0 Å². The van der Waals surface area contributed by atoms with Crippen molar-refractivity contribution in [3.63, 3.8) is 0 Å². The first-order valence-electron chi connectivity index (χ1n) is 5.59. The summed E-state index contributed by atoms with van der Waals surface area (Å²) in [4.78, 5) is 5.18. The minimum atomic E-state index is -2.95. The first kappa shape index (κ1) is 11.7. The minimum Gasteiger partial charge on any atom is -0.390 e. The van der Waals surface area contributed by atoms with Gasteiger partial charge in [-0.05, 0) is 24.1 Å². The van der Waals surface area contributed by atoms with Crippen LogP contribution in [0, 0.1) is 0 Å². The van der Waals surface area contributed by atoms with Gasteiger partial charge in [0, 0.05) is 16.6 Å². The van der Waals surface area contributed by atoms with Gasteiger partial charge in [-0.1, -0.05) is 6.07 Å². The zero-order valence-corrected chi connectivity index (χ0v) is 11.2. The quantitative estimate of drug-likeness (QED) is 0.865. The molecule has 0 unspecified atom stereocenters. The molecule has 0 saturated heterocycles. The van der Waals surface area contributed by atoms with Crippen LogP contribution in [0.4, 0.5) is 5.00 Å². The van der Waals surface area contributed by atoms with Crippen LogP contribution in [-0.4, -0.2) is 19.2 Å². The second kappa shape index (κ2) is 4.07. The number of rotatable bonds is 1. The Bertz CT molecular complexity index is 690. The van der Waals surface area contributed by atoms with E-state index >= 15 is 0 Å². The highest BCUT2D eigenvalue weighted by atomic mass is 32.2. The Labute approximate surface area is 109 Å². The van der Waals surface area contributed by atoms with Crippen LogP contribution >= 0.6 is 11.3 Å². The average molecular weight is 280 g/mol. The SMILES string of the molecule is Nc1sc2c(c1-c1ccccn1)CCS(=O)(=O)C2. The molecule has 4 nitrogen and oxygen atoms in total. The summed E-state index contributed by atoms with van der Waals surface area (Å²) in [7, 11) is -2.95. The molecule has 0 bridgehead atoms. The van der Waals surface area contributed by atoms with E-state index in [0.717, 1.165) is 21.7 Å². The molecule has 0 atom stereocenters. The van der Waals surface area contributed by atoms with E-state index in [1.807, 2.05) is 18.2 Å². The van der Waals surface area contributed by atoms with Gasteiger partial charge in [0.25, 0.3) is 0 Å². The van der Waals surface area contributed by atoms with Gasteiger partial charge < -0.3 is 5.73 Å². The zero-order chi connectivity index (χ0) is 12.8. The van der Waals surface area contributed by atoms with Crippen LogP contribution in [0.5, 0.6) is 0 Å². The van der Waals surface area contributed by atoms with Crippen molar-refractivity contribution in [3.05, 3.63) is 34.8 Å². The van der Waals surface area contributed by atoms with Crippen molar-refractivity contribution in [2.24, 2.45) is 0 Å². The first-order chi connectivity index (χ1) is 8.57. The van der Waals surface area contributed by atoms with Gasteiger partial charge in [-0.25, -0.2) is 8.42 Å². The fourth-order valence-electron chi connectivity index (χ4n) is 2.24. The number of thiophene rings is 1. The lowest BCUT2D eigenvalue weighted by atomic mass is 10.0. The van der Waals surface area contributed by atoms with Crippen LogP contribution in [0.2, 0.25) is 0 Å². The van der Waals surface area contributed by atoms with Crippen molar-refractivity contribution in [1.82, 2.24) is 4.98 Å². The topological polar surface area (TPSA) is 73.0 Å². The molecule has 0 aromatic carbocycles. The highest BCUT2D eigenvalue weighted by Gasteiger charge is 2.27. The van der Waals surface area contributed by atoms with Crippen molar-refractivity contribution in [3.8, 4) is 11.3 Å². The Kier molecular flexibility index (Phi) is 2.64. The maximum Gasteiger partial charge on any atom is 0.155 e. The van der Waals surface area contributed by atoms with E-state index in [0.29, 0.717) is 11.4 Å². The maximum absolute atomic E-state index is 11.6. The highest BCUT2D eigenvalue weighted by Crippen LogP contribution is 2.41. The summed E-state index contributed by atoms with van der Waals surface area (Å²) in [5.74, 6) is 0.319. The lowest BCUT2D eigenvalue weighted by molar-refractivity contribution is 0.592. The van der Waals surface area contributed by atoms with Gasteiger partial charge in [0.15, 0.2) is 9.84 Å². The summed E-state index contributed by atoms with van der Waals surface area (Å²) in [6.45, 7) is 0. The van der Waals surface area contributed by atoms with Gasteiger partial charge in [0.1, 0.15) is 0 Å². The average Bonchev–Trinajstić information content (AvgIpc) is 2.64. The van der Waals surface area contributed by atoms with Crippen LogP contribution < -0.4 is 5.73 Å². The molecule has 0 spiro atoms. The fraction of sp³-hybridized carbons (Fsp3) is 0.250. The summed E-state index contributed by atoms with van der Waals surface area (Å²) in [6.07, 6.45) is 2.26. The van der Waals surface area contributed by atoms with Gasteiger partial charge in [-0.15, -0.1) is 11.3 Å². The largest absolute Gasteiger partial charge is 0.390 e. The Morgan fingerprint density at radius 3 is 2.89 bits per heavy atom. The minimum absolute atomic E-state index is 0.115. The van der Waals surface area contributed by atoms with Crippen molar-refractivity contribution in [2.75, 3.05) is 11.5 Å². The Morgan fingerprint density at radius 1 is 1.33 bits per heavy atom. The van der Waals surface area contributed by atoms with E-state index < -0.39 is 9.84 Å². The number of hydrogen-bond acceptors (Lipinski definition) is 5. The van der Waals surface area contributed by atoms with Crippen LogP contribution in [-0.2, 0) is 22.0 Å². The molecule has 2 aromatic rings. The molecule has 0 saturated carbocycles. The molecular weight excluding hydrogens is 268 g/mol. The lowest BCUT2D eigenvalue weighted by Gasteiger charge is -2.13. The predicted octanol–water partition coefficient (Wildman–Crippen LogP) is 1.86. The molecule has 3 rings (SSSR count). The fourth-order valence-corrected chi connectivity index (χ4v) is 5.17. The molecule has 6 heteroatoms. The maximum atomic E-state index is 11.6. The molecule has 0 aliphatic carbocycles. The molecular formula is C12H12N2O2S2. The molecule has 1 aliphatic rings. The third-order valence-corrected chi connectivity index (χ3v) is 5.85. The zero-order valence-electron chi connectivity index (χ0n) is 9.59. The molecule has 18 heavy (non-hydrogen) atoms. The number of nitrogens with zero attached hydrogens (tertiary/aromatic N) is 1. The third kappa shape index (κ3) is 1.91. The normalized spacial score (nSPS) is 17.3. The Hall–Kier alpha value is -1.40. The highest BCUT2D eigenvalue weighted by molar-refractivity contribution is 7.90. The van der Waals surface area contributed by atoms with Gasteiger partial charge in [-0.3, -0.25) is 4.98 Å². The summed E-state index contributed by atoms with van der Waals surface area (Å²) in [5, 5.41) is 0.663. The number of aromatic nitrogens is 1. The van der Waals surface area contributed by atoms with Crippen LogP contribution in [0.3, 0.4) is 0 Å². The monoisotopic (exact) mass is 280 g/mol. The van der Waals surface area contributed by atoms with Gasteiger partial charge in [-0.2, -0.15) is 0 Å². The Morgan fingerprint density at radius 2 is 2.17 bits per heavy atom. The van der Waals surface area contributed by atoms with Crippen molar-refractivity contribution in [1.29, 1.82) is 0 Å². The van der Waals surface area contributed by atoms with Crippen molar-refractivity contribution < 1.29 is 8.42 Å². The Balaban J connectivity index is 2.17. The van der Waals surface area contributed by atoms with Gasteiger partial charge >= 0.3 is 0 Å². The number of sulfone groups is 1. The number of pyridine rings is 1. The standard InChI is InChI=1S/C12H12N2O2S2/c13-12-11(9-3-1-2-5-14-9)8-4-6-18(15,16)7-10(8)17-12/h1-3,5H,4,6-7,13H2. The number of hydrogen-bond donors (Lipinski definition) is 1. The van der Waals surface area contributed by atoms with Crippen LogP contribution in [0.1, 0.15) is 10.4 Å². The van der Waals surface area contributed by atoms with E-state index in [4.69, 9.17) is 5.73 Å². The molecule has 0 fully saturated rings. The van der Waals surface area contributed by atoms with E-state index in [1.54, 1.807) is 6.20 Å². The van der Waals surface area contributed by atoms with E-state index in [-0.39, 0.29) is 11.5 Å². The molecule has 3 heterocycles. The number of nitrogens with two attached hydrogens (primary N) is 1. The van der Waals surface area contributed by atoms with Crippen LogP contribution in [0.25, 0.3) is 11.3 Å². The smallest absolute Gasteiger partial charge is 0.155 e. The van der Waals surface area contributed by atoms with Crippen molar-refractivity contribution >= 4 is 26.2 Å². The van der Waals surface area contributed by atoms with Gasteiger partial charge in [0.05, 0.1) is 22.2 Å². The predicted molar refractivity (Wildman–Crippen MR) is 73.2 cm³/mol. The number of anilines is 1. The number of nitrogen functional groups attached to an aromatic ring is 1. The lowest BCUT2D eigenvalue weighted by Crippen LogP contribution is -2.17. The number of fused-ring (bicyclic) bond motifs is 1. The summed E-state index contributed by atoms with van der Waals surface area (Å²) in [6, 6.07) is 5.66. The van der Waals surface area contributed by atoms with E-state index in [1.165, 1.54) is 11.3 Å². The second-order valence-corrected chi connectivity index (χ2v) is 7.62. The molecule has 1 aliphatic heterocycles. The molecule has 0 amide bonds. The first-order valence-corrected chi connectivity index (χ1v) is 8.22. The summed E-state index contributed by atoms with van der Waals surface area (Å²) < 4.78 is 23.2. The molecule has 0 radical (unpaired) electrons. The summed E-state index contributed by atoms with van der Waals surface area (Å²) in [5.41, 5.74) is 8.83. The van der Waals surface area contributed by atoms with E-state index in [9.17, 15) is 8.42 Å². The molecule has 2 N–H and O–H groups in total. The van der Waals surface area contributed by atoms with Crippen molar-refractivity contribution in [2.45, 2.75) is 12.2 Å².